The molecule has 0 saturated heterocycles. The van der Waals surface area contributed by atoms with E-state index in [1.165, 1.54) is 29.1 Å². The third-order valence-corrected chi connectivity index (χ3v) is 9.25. The minimum Gasteiger partial charge on any atom is -0.480 e. The first-order valence-corrected chi connectivity index (χ1v) is 18.1. The quantitative estimate of drug-likeness (QED) is 0.0817. The fourth-order valence-corrected chi connectivity index (χ4v) is 6.61. The number of carbonyl (C=O) groups excluding carboxylic acids is 1. The number of carbonyl (C=O) groups is 3. The number of alkyl halides is 3. The molecule has 1 amide bonds. The summed E-state index contributed by atoms with van der Waals surface area (Å²) in [5, 5.41) is 29.1. The van der Waals surface area contributed by atoms with Crippen LogP contribution in [0.15, 0.2) is 90.4 Å². The summed E-state index contributed by atoms with van der Waals surface area (Å²) in [7, 11) is 0. The Hall–Kier alpha value is -6.04. The van der Waals surface area contributed by atoms with E-state index >= 15 is 0 Å². The number of anilines is 1. The zero-order chi connectivity index (χ0) is 40.6. The highest BCUT2D eigenvalue weighted by molar-refractivity contribution is 7.18. The fourth-order valence-electron chi connectivity index (χ4n) is 5.49. The standard InChI is InChI=1S/C29H26ClF3N6O3S.C9H9NO3/c1-3-35-21(27(40)41)12-16-4-6-17(7-5-16)20-14-43-24-23(20)36-28(34)37-26(24)42-25(29(31,32)33)19-9-8-18(30)13-22(19)39-11-10-15(2)38-39;11-8(12)6-10-9(13)7-4-2-1-3-5-7/h4-11,13-14,21,25,35H,3,12H2,1-2H3,(H,40,41)(H2,34,36,37);1-5H,6H2,(H,10,13)(H,11,12)/t21?,25-;/m1./s1. The van der Waals surface area contributed by atoms with Gasteiger partial charge in [-0.3, -0.25) is 14.4 Å². The second-order valence-corrected chi connectivity index (χ2v) is 13.5. The van der Waals surface area contributed by atoms with Crippen LogP contribution >= 0.6 is 22.9 Å². The van der Waals surface area contributed by atoms with Gasteiger partial charge < -0.3 is 31.3 Å². The van der Waals surface area contributed by atoms with E-state index in [0.717, 1.165) is 22.5 Å². The molecule has 0 saturated carbocycles. The van der Waals surface area contributed by atoms with Crippen molar-refractivity contribution in [1.29, 1.82) is 0 Å². The Bertz CT molecular complexity index is 2320. The molecule has 1 unspecified atom stereocenters. The number of hydrogen-bond donors (Lipinski definition) is 5. The molecule has 0 aliphatic rings. The third kappa shape index (κ3) is 10.4. The lowest BCUT2D eigenvalue weighted by Crippen LogP contribution is -2.38. The number of halogens is 4. The van der Waals surface area contributed by atoms with Gasteiger partial charge in [0.2, 0.25) is 17.9 Å². The lowest BCUT2D eigenvalue weighted by Gasteiger charge is -2.24. The summed E-state index contributed by atoms with van der Waals surface area (Å²) in [6.07, 6.45) is -5.44. The summed E-state index contributed by atoms with van der Waals surface area (Å²) in [6, 6.07) is 20.6. The van der Waals surface area contributed by atoms with Crippen molar-refractivity contribution in [2.24, 2.45) is 0 Å². The summed E-state index contributed by atoms with van der Waals surface area (Å²) < 4.78 is 51.0. The van der Waals surface area contributed by atoms with Crippen LogP contribution in [0.5, 0.6) is 5.88 Å². The van der Waals surface area contributed by atoms with Crippen molar-refractivity contribution in [2.75, 3.05) is 18.8 Å². The first kappa shape index (κ1) is 41.1. The fraction of sp³-hybridized carbons (Fsp3) is 0.211. The number of benzene rings is 3. The molecule has 3 heterocycles. The number of amides is 1. The Morgan fingerprint density at radius 3 is 2.34 bits per heavy atom. The van der Waals surface area contributed by atoms with Crippen LogP contribution in [0.1, 0.15) is 40.2 Å². The first-order valence-electron chi connectivity index (χ1n) is 16.8. The Morgan fingerprint density at radius 2 is 1.73 bits per heavy atom. The molecule has 6 N–H and O–H groups in total. The number of nitrogens with zero attached hydrogens (tertiary/aromatic N) is 4. The predicted octanol–water partition coefficient (Wildman–Crippen LogP) is 6.88. The van der Waals surface area contributed by atoms with E-state index in [1.54, 1.807) is 73.0 Å². The summed E-state index contributed by atoms with van der Waals surface area (Å²) >= 11 is 7.27. The van der Waals surface area contributed by atoms with Crippen LogP contribution < -0.4 is 21.1 Å². The second kappa shape index (κ2) is 18.1. The lowest BCUT2D eigenvalue weighted by atomic mass is 10.0. The van der Waals surface area contributed by atoms with Gasteiger partial charge in [-0.1, -0.05) is 67.1 Å². The lowest BCUT2D eigenvalue weighted by molar-refractivity contribution is -0.198. The van der Waals surface area contributed by atoms with Crippen LogP contribution in [0.4, 0.5) is 19.1 Å². The summed E-state index contributed by atoms with van der Waals surface area (Å²) in [5.41, 5.74) is 9.39. The average molecular weight is 810 g/mol. The molecule has 3 aromatic heterocycles. The number of carboxylic acids is 2. The van der Waals surface area contributed by atoms with Gasteiger partial charge in [0.1, 0.15) is 17.3 Å². The average Bonchev–Trinajstić information content (AvgIpc) is 3.79. The molecular weight excluding hydrogens is 775 g/mol. The number of ether oxygens (including phenoxy) is 1. The number of rotatable bonds is 13. The van der Waals surface area contributed by atoms with Gasteiger partial charge in [-0.25, -0.2) is 9.67 Å². The number of aromatic nitrogens is 4. The van der Waals surface area contributed by atoms with Gasteiger partial charge in [-0.15, -0.1) is 11.3 Å². The summed E-state index contributed by atoms with van der Waals surface area (Å²) in [5.74, 6) is -2.94. The number of thiophene rings is 1. The van der Waals surface area contributed by atoms with E-state index in [1.807, 2.05) is 6.92 Å². The Balaban J connectivity index is 0.000000392. The number of carboxylic acid groups (broad SMARTS) is 2. The molecule has 6 rings (SSSR count). The molecule has 0 fully saturated rings. The van der Waals surface area contributed by atoms with Crippen molar-refractivity contribution in [3.8, 4) is 22.7 Å². The Morgan fingerprint density at radius 1 is 1.02 bits per heavy atom. The van der Waals surface area contributed by atoms with E-state index in [-0.39, 0.29) is 51.7 Å². The Kier molecular flexibility index (Phi) is 13.3. The SMILES string of the molecule is CCNC(Cc1ccc(-c2csc3c(O[C@H](c4ccc(Cl)cc4-n4ccc(C)n4)C(F)(F)F)nc(N)nc23)cc1)C(=O)O.O=C(O)CNC(=O)c1ccccc1. The number of aliphatic carboxylic acids is 2. The van der Waals surface area contributed by atoms with Crippen molar-refractivity contribution in [3.63, 3.8) is 0 Å². The van der Waals surface area contributed by atoms with E-state index < -0.39 is 30.3 Å². The number of aryl methyl sites for hydroxylation is 1. The molecular formula is C38H35ClF3N7O6S. The topological polar surface area (TPSA) is 195 Å². The van der Waals surface area contributed by atoms with Crippen molar-refractivity contribution >= 4 is 56.9 Å². The second-order valence-electron chi connectivity index (χ2n) is 12.2. The molecule has 0 spiro atoms. The van der Waals surface area contributed by atoms with Gasteiger partial charge in [0.15, 0.2) is 0 Å². The van der Waals surface area contributed by atoms with Gasteiger partial charge in [0.25, 0.3) is 5.91 Å². The number of nitrogen functional groups attached to an aromatic ring is 1. The monoisotopic (exact) mass is 809 g/mol. The Labute approximate surface area is 326 Å². The molecule has 3 aromatic carbocycles. The zero-order valence-corrected chi connectivity index (χ0v) is 31.3. The number of fused-ring (bicyclic) bond motifs is 1. The highest BCUT2D eigenvalue weighted by Crippen LogP contribution is 2.43. The number of nitrogens with one attached hydrogen (secondary N) is 2. The first-order chi connectivity index (χ1) is 26.6. The number of hydrogen-bond acceptors (Lipinski definition) is 10. The number of nitrogens with two attached hydrogens (primary N) is 1. The minimum atomic E-state index is -4.84. The third-order valence-electron chi connectivity index (χ3n) is 8.06. The van der Waals surface area contributed by atoms with Gasteiger partial charge in [-0.05, 0) is 61.3 Å². The van der Waals surface area contributed by atoms with Crippen LogP contribution in [0.2, 0.25) is 5.02 Å². The van der Waals surface area contributed by atoms with Crippen LogP contribution in [-0.2, 0) is 16.0 Å². The molecule has 0 aliphatic heterocycles. The molecule has 0 radical (unpaired) electrons. The van der Waals surface area contributed by atoms with Crippen molar-refractivity contribution in [3.05, 3.63) is 118 Å². The molecule has 2 atom stereocenters. The van der Waals surface area contributed by atoms with E-state index in [2.05, 4.69) is 25.7 Å². The van der Waals surface area contributed by atoms with Gasteiger partial charge in [0.05, 0.1) is 16.9 Å². The molecule has 56 heavy (non-hydrogen) atoms. The maximum absolute atomic E-state index is 14.6. The zero-order valence-electron chi connectivity index (χ0n) is 29.8. The van der Waals surface area contributed by atoms with Crippen LogP contribution in [0.3, 0.4) is 0 Å². The van der Waals surface area contributed by atoms with E-state index in [0.29, 0.717) is 28.9 Å². The van der Waals surface area contributed by atoms with Crippen LogP contribution in [0.25, 0.3) is 27.0 Å². The van der Waals surface area contributed by atoms with Gasteiger partial charge in [0, 0.05) is 33.3 Å². The molecule has 0 bridgehead atoms. The minimum absolute atomic E-state index is 0.104. The van der Waals surface area contributed by atoms with Crippen molar-refractivity contribution in [2.45, 2.75) is 38.6 Å². The predicted molar refractivity (Wildman–Crippen MR) is 205 cm³/mol. The highest BCUT2D eigenvalue weighted by Gasteiger charge is 2.45. The van der Waals surface area contributed by atoms with Gasteiger partial charge >= 0.3 is 18.1 Å². The molecule has 18 heteroatoms. The molecule has 292 valence electrons. The van der Waals surface area contributed by atoms with E-state index in [4.69, 9.17) is 27.2 Å². The highest BCUT2D eigenvalue weighted by atomic mass is 35.5. The number of likely N-dealkylation sites (N-methyl/N-ethyl adjacent to an activating group) is 1. The summed E-state index contributed by atoms with van der Waals surface area (Å²) in [6.45, 7) is 3.71. The van der Waals surface area contributed by atoms with Crippen LogP contribution in [0, 0.1) is 6.92 Å². The van der Waals surface area contributed by atoms with Crippen molar-refractivity contribution < 1.29 is 42.5 Å². The molecule has 0 aliphatic carbocycles. The van der Waals surface area contributed by atoms with Crippen molar-refractivity contribution in [1.82, 2.24) is 30.4 Å². The maximum atomic E-state index is 14.6. The smallest absolute Gasteiger partial charge is 0.429 e. The van der Waals surface area contributed by atoms with Crippen LogP contribution in [-0.4, -0.2) is 73.1 Å². The molecule has 13 nitrogen and oxygen atoms in total. The maximum Gasteiger partial charge on any atom is 0.429 e. The van der Waals surface area contributed by atoms with E-state index in [9.17, 15) is 32.7 Å². The largest absolute Gasteiger partial charge is 0.480 e. The molecule has 6 aromatic rings. The summed E-state index contributed by atoms with van der Waals surface area (Å²) in [4.78, 5) is 41.2. The normalized spacial score (nSPS) is 12.3. The van der Waals surface area contributed by atoms with Gasteiger partial charge in [-0.2, -0.15) is 23.3 Å².